The smallest absolute Gasteiger partial charge is 0.191 e. The number of aliphatic imine (C=N–C) groups is 1. The number of hydrogen-bond acceptors (Lipinski definition) is 4. The minimum Gasteiger partial charge on any atom is -0.508 e. The molecule has 2 rings (SSSR count). The van der Waals surface area contributed by atoms with Crippen LogP contribution in [0.4, 0.5) is 0 Å². The molecule has 0 amide bonds. The zero-order valence-corrected chi connectivity index (χ0v) is 16.5. The van der Waals surface area contributed by atoms with Crippen LogP contribution in [-0.4, -0.2) is 49.1 Å². The standard InChI is InChI=1S/C17H27N3O3.HI/c1-2-18-16(19-11-14-4-3-5-15(22)10-14)20-12-17(6-8-21)7-9-23-13-17;/h3-5,10,21-22H,2,6-9,11-13H2,1H3,(H2,18,19,20);1H. The number of aromatic hydroxyl groups is 1. The summed E-state index contributed by atoms with van der Waals surface area (Å²) in [5.74, 6) is 0.987. The van der Waals surface area contributed by atoms with Gasteiger partial charge < -0.3 is 25.6 Å². The van der Waals surface area contributed by atoms with Crippen molar-refractivity contribution in [3.63, 3.8) is 0 Å². The predicted octanol–water partition coefficient (Wildman–Crippen LogP) is 1.85. The molecular formula is C17H28IN3O3. The van der Waals surface area contributed by atoms with Crippen LogP contribution in [0.2, 0.25) is 0 Å². The molecule has 1 atom stereocenters. The van der Waals surface area contributed by atoms with Gasteiger partial charge in [-0.15, -0.1) is 24.0 Å². The summed E-state index contributed by atoms with van der Waals surface area (Å²) in [4.78, 5) is 4.56. The number of phenolic OH excluding ortho intramolecular Hbond substituents is 1. The number of ether oxygens (including phenoxy) is 1. The van der Waals surface area contributed by atoms with E-state index in [0.29, 0.717) is 13.2 Å². The van der Waals surface area contributed by atoms with Crippen LogP contribution in [0.3, 0.4) is 0 Å². The van der Waals surface area contributed by atoms with Crippen molar-refractivity contribution in [2.24, 2.45) is 10.4 Å². The van der Waals surface area contributed by atoms with Crippen LogP contribution in [0.5, 0.6) is 5.75 Å². The number of guanidine groups is 1. The lowest BCUT2D eigenvalue weighted by Gasteiger charge is -2.27. The highest BCUT2D eigenvalue weighted by Gasteiger charge is 2.34. The lowest BCUT2D eigenvalue weighted by atomic mass is 9.84. The molecule has 24 heavy (non-hydrogen) atoms. The van der Waals surface area contributed by atoms with Gasteiger partial charge in [0.1, 0.15) is 5.75 Å². The Morgan fingerprint density at radius 1 is 1.38 bits per heavy atom. The maximum Gasteiger partial charge on any atom is 0.191 e. The van der Waals surface area contributed by atoms with Gasteiger partial charge >= 0.3 is 0 Å². The number of halogens is 1. The first-order chi connectivity index (χ1) is 11.2. The van der Waals surface area contributed by atoms with Gasteiger partial charge in [0.25, 0.3) is 0 Å². The highest BCUT2D eigenvalue weighted by molar-refractivity contribution is 14.0. The molecular weight excluding hydrogens is 421 g/mol. The number of aliphatic hydroxyl groups excluding tert-OH is 1. The van der Waals surface area contributed by atoms with Gasteiger partial charge in [0.15, 0.2) is 5.96 Å². The molecule has 1 aromatic rings. The summed E-state index contributed by atoms with van der Waals surface area (Å²) < 4.78 is 5.51. The molecule has 1 unspecified atom stereocenters. The molecule has 1 saturated heterocycles. The van der Waals surface area contributed by atoms with Crippen molar-refractivity contribution in [1.82, 2.24) is 10.6 Å². The highest BCUT2D eigenvalue weighted by Crippen LogP contribution is 2.31. The second-order valence-corrected chi connectivity index (χ2v) is 5.99. The summed E-state index contributed by atoms with van der Waals surface area (Å²) in [6.45, 7) is 5.60. The van der Waals surface area contributed by atoms with Gasteiger partial charge in [-0.05, 0) is 37.5 Å². The zero-order chi connectivity index (χ0) is 16.5. The molecule has 1 aliphatic heterocycles. The van der Waals surface area contributed by atoms with Crippen molar-refractivity contribution >= 4 is 29.9 Å². The topological polar surface area (TPSA) is 86.1 Å². The third-order valence-corrected chi connectivity index (χ3v) is 4.13. The van der Waals surface area contributed by atoms with Crippen LogP contribution in [0, 0.1) is 5.41 Å². The molecule has 1 aromatic carbocycles. The van der Waals surface area contributed by atoms with Gasteiger partial charge in [-0.25, -0.2) is 4.99 Å². The van der Waals surface area contributed by atoms with Gasteiger partial charge in [0.05, 0.1) is 13.2 Å². The van der Waals surface area contributed by atoms with Gasteiger partial charge in [-0.1, -0.05) is 12.1 Å². The second-order valence-electron chi connectivity index (χ2n) is 5.99. The normalized spacial score (nSPS) is 20.5. The van der Waals surface area contributed by atoms with Gasteiger partial charge in [-0.2, -0.15) is 0 Å². The Morgan fingerprint density at radius 3 is 2.83 bits per heavy atom. The highest BCUT2D eigenvalue weighted by atomic mass is 127. The average Bonchev–Trinajstić information content (AvgIpc) is 2.99. The fraction of sp³-hybridized carbons (Fsp3) is 0.588. The van der Waals surface area contributed by atoms with E-state index in [1.54, 1.807) is 12.1 Å². The van der Waals surface area contributed by atoms with E-state index in [0.717, 1.165) is 44.1 Å². The lowest BCUT2D eigenvalue weighted by molar-refractivity contribution is 0.127. The van der Waals surface area contributed by atoms with E-state index in [9.17, 15) is 10.2 Å². The molecule has 1 aliphatic rings. The van der Waals surface area contributed by atoms with E-state index < -0.39 is 0 Å². The maximum absolute atomic E-state index is 9.50. The minimum atomic E-state index is -0.0179. The van der Waals surface area contributed by atoms with Crippen LogP contribution in [0.25, 0.3) is 0 Å². The van der Waals surface area contributed by atoms with Gasteiger partial charge in [-0.3, -0.25) is 0 Å². The van der Waals surface area contributed by atoms with Crippen LogP contribution < -0.4 is 10.6 Å². The number of nitrogens with zero attached hydrogens (tertiary/aromatic N) is 1. The molecule has 0 bridgehead atoms. The number of hydrogen-bond donors (Lipinski definition) is 4. The van der Waals surface area contributed by atoms with Crippen molar-refractivity contribution in [3.8, 4) is 5.75 Å². The maximum atomic E-state index is 9.50. The first-order valence-electron chi connectivity index (χ1n) is 8.16. The van der Waals surface area contributed by atoms with E-state index in [1.807, 2.05) is 19.1 Å². The van der Waals surface area contributed by atoms with Crippen molar-refractivity contribution in [2.75, 3.05) is 32.9 Å². The Morgan fingerprint density at radius 2 is 2.21 bits per heavy atom. The number of aliphatic hydroxyl groups is 1. The Hall–Kier alpha value is -1.06. The number of benzene rings is 1. The average molecular weight is 449 g/mol. The third-order valence-electron chi connectivity index (χ3n) is 4.13. The second kappa shape index (κ2) is 10.7. The molecule has 0 spiro atoms. The fourth-order valence-corrected chi connectivity index (χ4v) is 2.75. The summed E-state index contributed by atoms with van der Waals surface area (Å²) >= 11 is 0. The fourth-order valence-electron chi connectivity index (χ4n) is 2.75. The zero-order valence-electron chi connectivity index (χ0n) is 14.1. The first-order valence-corrected chi connectivity index (χ1v) is 8.16. The summed E-state index contributed by atoms with van der Waals surface area (Å²) in [5, 5.41) is 25.4. The van der Waals surface area contributed by atoms with Crippen LogP contribution in [0.1, 0.15) is 25.3 Å². The largest absolute Gasteiger partial charge is 0.508 e. The van der Waals surface area contributed by atoms with Crippen molar-refractivity contribution in [3.05, 3.63) is 29.8 Å². The summed E-state index contributed by atoms with van der Waals surface area (Å²) in [6, 6.07) is 7.11. The van der Waals surface area contributed by atoms with Crippen molar-refractivity contribution in [1.29, 1.82) is 0 Å². The summed E-state index contributed by atoms with van der Waals surface area (Å²) in [6.07, 6.45) is 1.68. The Labute approximate surface area is 160 Å². The number of phenols is 1. The van der Waals surface area contributed by atoms with Crippen molar-refractivity contribution in [2.45, 2.75) is 26.3 Å². The van der Waals surface area contributed by atoms with E-state index in [1.165, 1.54) is 0 Å². The first kappa shape index (κ1) is 21.0. The SMILES string of the molecule is CCNC(=NCc1cccc(O)c1)NCC1(CCO)CCOC1.I. The monoisotopic (exact) mass is 449 g/mol. The number of nitrogens with one attached hydrogen (secondary N) is 2. The number of rotatable bonds is 7. The van der Waals surface area contributed by atoms with E-state index in [2.05, 4.69) is 15.6 Å². The Balaban J connectivity index is 0.00000288. The predicted molar refractivity (Wildman–Crippen MR) is 106 cm³/mol. The van der Waals surface area contributed by atoms with E-state index >= 15 is 0 Å². The van der Waals surface area contributed by atoms with Gasteiger partial charge in [0, 0.05) is 31.7 Å². The molecule has 0 saturated carbocycles. The molecule has 0 radical (unpaired) electrons. The molecule has 136 valence electrons. The quantitative estimate of drug-likeness (QED) is 0.290. The molecule has 7 heteroatoms. The molecule has 4 N–H and O–H groups in total. The summed E-state index contributed by atoms with van der Waals surface area (Å²) in [7, 11) is 0. The van der Waals surface area contributed by atoms with Gasteiger partial charge in [0.2, 0.25) is 0 Å². The van der Waals surface area contributed by atoms with E-state index in [4.69, 9.17) is 4.74 Å². The molecule has 1 fully saturated rings. The minimum absolute atomic E-state index is 0. The molecule has 6 nitrogen and oxygen atoms in total. The van der Waals surface area contributed by atoms with E-state index in [-0.39, 0.29) is 41.7 Å². The third kappa shape index (κ3) is 6.45. The van der Waals surface area contributed by atoms with Crippen LogP contribution in [-0.2, 0) is 11.3 Å². The lowest BCUT2D eigenvalue weighted by Crippen LogP contribution is -2.44. The van der Waals surface area contributed by atoms with Crippen LogP contribution >= 0.6 is 24.0 Å². The van der Waals surface area contributed by atoms with Crippen LogP contribution in [0.15, 0.2) is 29.3 Å². The molecule has 1 heterocycles. The van der Waals surface area contributed by atoms with Crippen molar-refractivity contribution < 1.29 is 14.9 Å². The Kier molecular flexibility index (Phi) is 9.38. The summed E-state index contributed by atoms with van der Waals surface area (Å²) in [5.41, 5.74) is 0.937. The Bertz CT molecular complexity index is 520. The molecule has 0 aliphatic carbocycles. The molecule has 0 aromatic heterocycles.